The molecular formula is C17H16FNO3S. The summed E-state index contributed by atoms with van der Waals surface area (Å²) < 4.78 is 35.0. The van der Waals surface area contributed by atoms with Crippen molar-refractivity contribution in [2.45, 2.75) is 18.2 Å². The molecule has 1 saturated heterocycles. The van der Waals surface area contributed by atoms with Gasteiger partial charge in [-0.25, -0.2) is 0 Å². The summed E-state index contributed by atoms with van der Waals surface area (Å²) >= 11 is 0. The second-order valence-electron chi connectivity index (χ2n) is 5.64. The van der Waals surface area contributed by atoms with Gasteiger partial charge in [-0.05, 0) is 22.8 Å². The molecule has 4 nitrogen and oxygen atoms in total. The van der Waals surface area contributed by atoms with Crippen molar-refractivity contribution in [2.24, 2.45) is 0 Å². The summed E-state index contributed by atoms with van der Waals surface area (Å²) in [5, 5.41) is -1.24. The third-order valence-electron chi connectivity index (χ3n) is 3.98. The van der Waals surface area contributed by atoms with Gasteiger partial charge in [0.2, 0.25) is 5.91 Å². The number of hydrogen-bond acceptors (Lipinski definition) is 3. The molecule has 2 aromatic carbocycles. The first-order valence-corrected chi connectivity index (χ1v) is 8.74. The predicted molar refractivity (Wildman–Crippen MR) is 85.7 cm³/mol. The number of halogens is 1. The molecule has 0 radical (unpaired) electrons. The number of amides is 1. The van der Waals surface area contributed by atoms with Gasteiger partial charge in [0.15, 0.2) is 0 Å². The molecule has 120 valence electrons. The zero-order valence-corrected chi connectivity index (χ0v) is 13.2. The van der Waals surface area contributed by atoms with Crippen molar-refractivity contribution < 1.29 is 17.1 Å². The van der Waals surface area contributed by atoms with Crippen molar-refractivity contribution in [3.05, 3.63) is 60.2 Å². The molecule has 1 aliphatic rings. The van der Waals surface area contributed by atoms with Gasteiger partial charge < -0.3 is 4.90 Å². The number of benzene rings is 2. The highest BCUT2D eigenvalue weighted by Crippen LogP contribution is 2.24. The standard InChI is InChI=1S/C17H16FNO3S/c18-23(21,22)16-10-17(20)19(12-16)11-13-5-4-8-15(9-13)14-6-2-1-3-7-14/h1-9,16H,10-12H2. The Morgan fingerprint density at radius 3 is 2.39 bits per heavy atom. The van der Waals surface area contributed by atoms with Gasteiger partial charge in [-0.15, -0.1) is 3.89 Å². The molecule has 1 amide bonds. The van der Waals surface area contributed by atoms with E-state index >= 15 is 0 Å². The molecule has 0 N–H and O–H groups in total. The van der Waals surface area contributed by atoms with Gasteiger partial charge in [0.1, 0.15) is 5.25 Å². The van der Waals surface area contributed by atoms with Crippen LogP contribution in [-0.2, 0) is 21.6 Å². The van der Waals surface area contributed by atoms with Gasteiger partial charge in [-0.3, -0.25) is 4.79 Å². The van der Waals surface area contributed by atoms with E-state index in [1.165, 1.54) is 4.90 Å². The van der Waals surface area contributed by atoms with Crippen molar-refractivity contribution in [2.75, 3.05) is 6.54 Å². The second-order valence-corrected chi connectivity index (χ2v) is 7.26. The molecule has 1 fully saturated rings. The number of carbonyl (C=O) groups is 1. The topological polar surface area (TPSA) is 54.5 Å². The SMILES string of the molecule is O=C1CC(S(=O)(=O)F)CN1Cc1cccc(-c2ccccc2)c1. The van der Waals surface area contributed by atoms with Gasteiger partial charge >= 0.3 is 10.2 Å². The summed E-state index contributed by atoms with van der Waals surface area (Å²) in [7, 11) is -4.67. The average molecular weight is 333 g/mol. The monoisotopic (exact) mass is 333 g/mol. The first-order valence-electron chi connectivity index (χ1n) is 7.29. The van der Waals surface area contributed by atoms with Crippen LogP contribution in [-0.4, -0.2) is 31.0 Å². The van der Waals surface area contributed by atoms with E-state index in [1.54, 1.807) is 0 Å². The number of rotatable bonds is 4. The molecule has 1 aliphatic heterocycles. The lowest BCUT2D eigenvalue weighted by atomic mass is 10.0. The highest BCUT2D eigenvalue weighted by atomic mass is 32.3. The van der Waals surface area contributed by atoms with E-state index in [0.717, 1.165) is 16.7 Å². The second kappa shape index (κ2) is 6.12. The van der Waals surface area contributed by atoms with Crippen molar-refractivity contribution in [1.29, 1.82) is 0 Å². The highest BCUT2D eigenvalue weighted by Gasteiger charge is 2.38. The van der Waals surface area contributed by atoms with Crippen LogP contribution in [0.25, 0.3) is 11.1 Å². The first kappa shape index (κ1) is 15.7. The van der Waals surface area contributed by atoms with Crippen LogP contribution in [0.4, 0.5) is 3.89 Å². The number of hydrogen-bond donors (Lipinski definition) is 0. The third kappa shape index (κ3) is 3.59. The van der Waals surface area contributed by atoms with E-state index < -0.39 is 15.5 Å². The van der Waals surface area contributed by atoms with E-state index in [-0.39, 0.29) is 25.4 Å². The molecule has 2 aromatic rings. The van der Waals surface area contributed by atoms with E-state index in [0.29, 0.717) is 0 Å². The van der Waals surface area contributed by atoms with E-state index in [1.807, 2.05) is 54.6 Å². The summed E-state index contributed by atoms with van der Waals surface area (Å²) in [4.78, 5) is 13.3. The van der Waals surface area contributed by atoms with Crippen molar-refractivity contribution in [3.63, 3.8) is 0 Å². The smallest absolute Gasteiger partial charge is 0.307 e. The van der Waals surface area contributed by atoms with E-state index in [9.17, 15) is 17.1 Å². The minimum absolute atomic E-state index is 0.0900. The van der Waals surface area contributed by atoms with E-state index in [4.69, 9.17) is 0 Å². The van der Waals surface area contributed by atoms with Crippen LogP contribution in [0.2, 0.25) is 0 Å². The molecule has 0 aliphatic carbocycles. The Labute approximate surface area is 134 Å². The van der Waals surface area contributed by atoms with Crippen molar-refractivity contribution >= 4 is 16.1 Å². The van der Waals surface area contributed by atoms with Crippen molar-refractivity contribution in [3.8, 4) is 11.1 Å². The van der Waals surface area contributed by atoms with Crippen LogP contribution >= 0.6 is 0 Å². The van der Waals surface area contributed by atoms with Gasteiger partial charge in [-0.2, -0.15) is 8.42 Å². The van der Waals surface area contributed by atoms with Gasteiger partial charge in [0.25, 0.3) is 0 Å². The maximum absolute atomic E-state index is 13.1. The maximum Gasteiger partial charge on any atom is 0.307 e. The molecule has 0 aromatic heterocycles. The molecule has 6 heteroatoms. The Kier molecular flexibility index (Phi) is 4.17. The Balaban J connectivity index is 1.78. The Morgan fingerprint density at radius 1 is 1.04 bits per heavy atom. The Morgan fingerprint density at radius 2 is 1.74 bits per heavy atom. The fourth-order valence-electron chi connectivity index (χ4n) is 2.78. The van der Waals surface area contributed by atoms with Crippen LogP contribution in [0.1, 0.15) is 12.0 Å². The normalized spacial score (nSPS) is 18.4. The van der Waals surface area contributed by atoms with Crippen LogP contribution in [0.15, 0.2) is 54.6 Å². The zero-order chi connectivity index (χ0) is 16.4. The fourth-order valence-corrected chi connectivity index (χ4v) is 3.48. The molecule has 0 bridgehead atoms. The largest absolute Gasteiger partial charge is 0.337 e. The Hall–Kier alpha value is -2.21. The number of nitrogens with zero attached hydrogens (tertiary/aromatic N) is 1. The first-order chi connectivity index (χ1) is 10.9. The number of likely N-dealkylation sites (tertiary alicyclic amines) is 1. The van der Waals surface area contributed by atoms with Gasteiger partial charge in [-0.1, -0.05) is 48.5 Å². The quantitative estimate of drug-likeness (QED) is 0.809. The molecule has 1 atom stereocenters. The number of carbonyl (C=O) groups excluding carboxylic acids is 1. The van der Waals surface area contributed by atoms with Gasteiger partial charge in [0, 0.05) is 19.5 Å². The predicted octanol–water partition coefficient (Wildman–Crippen LogP) is 2.75. The lowest BCUT2D eigenvalue weighted by Crippen LogP contribution is -2.26. The molecule has 0 spiro atoms. The molecule has 23 heavy (non-hydrogen) atoms. The molecule has 1 unspecified atom stereocenters. The summed E-state index contributed by atoms with van der Waals surface area (Å²) in [6.07, 6.45) is -0.281. The average Bonchev–Trinajstić information content (AvgIpc) is 2.90. The van der Waals surface area contributed by atoms with Crippen LogP contribution in [0.3, 0.4) is 0 Å². The zero-order valence-electron chi connectivity index (χ0n) is 12.4. The summed E-state index contributed by atoms with van der Waals surface area (Å²) in [5.74, 6) is -0.332. The van der Waals surface area contributed by atoms with Crippen LogP contribution in [0.5, 0.6) is 0 Å². The summed E-state index contributed by atoms with van der Waals surface area (Å²) in [6.45, 7) is 0.193. The minimum atomic E-state index is -4.67. The molecule has 0 saturated carbocycles. The molecular weight excluding hydrogens is 317 g/mol. The fraction of sp³-hybridized carbons (Fsp3) is 0.235. The van der Waals surface area contributed by atoms with E-state index in [2.05, 4.69) is 0 Å². The van der Waals surface area contributed by atoms with Crippen LogP contribution in [0, 0.1) is 0 Å². The highest BCUT2D eigenvalue weighted by molar-refractivity contribution is 7.87. The Bertz CT molecular complexity index is 821. The lowest BCUT2D eigenvalue weighted by molar-refractivity contribution is -0.128. The maximum atomic E-state index is 13.1. The molecule has 1 heterocycles. The van der Waals surface area contributed by atoms with Crippen molar-refractivity contribution in [1.82, 2.24) is 4.90 Å². The van der Waals surface area contributed by atoms with Gasteiger partial charge in [0.05, 0.1) is 0 Å². The molecule has 3 rings (SSSR count). The lowest BCUT2D eigenvalue weighted by Gasteiger charge is -2.16. The summed E-state index contributed by atoms with van der Waals surface area (Å²) in [6, 6.07) is 17.5. The van der Waals surface area contributed by atoms with Crippen LogP contribution < -0.4 is 0 Å². The minimum Gasteiger partial charge on any atom is -0.337 e. The third-order valence-corrected chi connectivity index (χ3v) is 5.10. The summed E-state index contributed by atoms with van der Waals surface area (Å²) in [5.41, 5.74) is 2.97.